The van der Waals surface area contributed by atoms with Crippen molar-refractivity contribution in [1.29, 1.82) is 0 Å². The molecule has 0 saturated heterocycles. The second kappa shape index (κ2) is 7.81. The molecule has 2 aromatic rings. The van der Waals surface area contributed by atoms with Crippen LogP contribution in [-0.4, -0.2) is 37.5 Å². The third-order valence-electron chi connectivity index (χ3n) is 3.72. The fraction of sp³-hybridized carbons (Fsp3) is 0.167. The van der Waals surface area contributed by atoms with Crippen LogP contribution in [0.5, 0.6) is 5.75 Å². The molecule has 9 heteroatoms. The number of anilines is 2. The minimum absolute atomic E-state index is 0.224. The monoisotopic (exact) mass is 376 g/mol. The number of benzene rings is 2. The van der Waals surface area contributed by atoms with Gasteiger partial charge in [-0.3, -0.25) is 14.5 Å². The normalized spacial score (nSPS) is 13.0. The third-order valence-corrected chi connectivity index (χ3v) is 3.72. The van der Waals surface area contributed by atoms with Gasteiger partial charge in [0.15, 0.2) is 6.61 Å². The van der Waals surface area contributed by atoms with E-state index < -0.39 is 25.1 Å². The van der Waals surface area contributed by atoms with Gasteiger partial charge in [0, 0.05) is 0 Å². The minimum atomic E-state index is -3.11. The number of nitrogens with zero attached hydrogens (tertiary/aromatic N) is 1. The highest BCUT2D eigenvalue weighted by Gasteiger charge is 2.27. The number of hydrogen-bond acceptors (Lipinski definition) is 5. The lowest BCUT2D eigenvalue weighted by Crippen LogP contribution is -2.44. The standard InChI is InChI=1S/C18H14F2N2O5/c19-18(20)27-14-8-4-1-5-11(14)17(25)26-10-16(24)22-9-15(23)21-12-6-2-3-7-13(12)22/h1-8,18H,9-10H2,(H,21,23). The first-order valence-corrected chi connectivity index (χ1v) is 7.86. The highest BCUT2D eigenvalue weighted by atomic mass is 19.3. The van der Waals surface area contributed by atoms with Crippen LogP contribution in [0.3, 0.4) is 0 Å². The molecule has 0 atom stereocenters. The Kier molecular flexibility index (Phi) is 5.30. The molecule has 1 N–H and O–H groups in total. The lowest BCUT2D eigenvalue weighted by atomic mass is 10.2. The first-order valence-electron chi connectivity index (χ1n) is 7.86. The van der Waals surface area contributed by atoms with E-state index in [1.807, 2.05) is 0 Å². The van der Waals surface area contributed by atoms with Gasteiger partial charge in [0.05, 0.1) is 11.4 Å². The summed E-state index contributed by atoms with van der Waals surface area (Å²) in [5.41, 5.74) is 0.700. The number of esters is 1. The van der Waals surface area contributed by atoms with E-state index in [1.54, 1.807) is 24.3 Å². The molecule has 0 saturated carbocycles. The molecular formula is C18H14F2N2O5. The fourth-order valence-electron chi connectivity index (χ4n) is 2.57. The van der Waals surface area contributed by atoms with Crippen LogP contribution in [0, 0.1) is 0 Å². The van der Waals surface area contributed by atoms with Crippen LogP contribution < -0.4 is 15.0 Å². The molecule has 1 heterocycles. The Balaban J connectivity index is 1.70. The van der Waals surface area contributed by atoms with E-state index >= 15 is 0 Å². The molecular weight excluding hydrogens is 362 g/mol. The van der Waals surface area contributed by atoms with Crippen molar-refractivity contribution in [1.82, 2.24) is 0 Å². The Morgan fingerprint density at radius 2 is 1.81 bits per heavy atom. The van der Waals surface area contributed by atoms with Gasteiger partial charge < -0.3 is 14.8 Å². The molecule has 7 nitrogen and oxygen atoms in total. The molecule has 27 heavy (non-hydrogen) atoms. The van der Waals surface area contributed by atoms with Gasteiger partial charge in [-0.05, 0) is 24.3 Å². The zero-order valence-electron chi connectivity index (χ0n) is 13.9. The maximum atomic E-state index is 12.4. The van der Waals surface area contributed by atoms with Crippen LogP contribution in [0.1, 0.15) is 10.4 Å². The van der Waals surface area contributed by atoms with Crippen LogP contribution in [0.2, 0.25) is 0 Å². The van der Waals surface area contributed by atoms with E-state index in [9.17, 15) is 23.2 Å². The number of alkyl halides is 2. The molecule has 140 valence electrons. The Morgan fingerprint density at radius 1 is 1.11 bits per heavy atom. The number of nitrogens with one attached hydrogen (secondary N) is 1. The van der Waals surface area contributed by atoms with Gasteiger partial charge in [0.25, 0.3) is 5.91 Å². The van der Waals surface area contributed by atoms with Gasteiger partial charge >= 0.3 is 12.6 Å². The first-order chi connectivity index (χ1) is 13.0. The van der Waals surface area contributed by atoms with Gasteiger partial charge in [-0.1, -0.05) is 24.3 Å². The van der Waals surface area contributed by atoms with Gasteiger partial charge in [0.2, 0.25) is 5.91 Å². The molecule has 0 unspecified atom stereocenters. The largest absolute Gasteiger partial charge is 0.452 e. The number of ether oxygens (including phenoxy) is 2. The number of halogens is 2. The zero-order chi connectivity index (χ0) is 19.4. The van der Waals surface area contributed by atoms with E-state index in [0.29, 0.717) is 11.4 Å². The Morgan fingerprint density at radius 3 is 2.59 bits per heavy atom. The zero-order valence-corrected chi connectivity index (χ0v) is 13.9. The van der Waals surface area contributed by atoms with E-state index in [-0.39, 0.29) is 23.8 Å². The maximum Gasteiger partial charge on any atom is 0.387 e. The summed E-state index contributed by atoms with van der Waals surface area (Å²) in [7, 11) is 0. The van der Waals surface area contributed by atoms with Crippen molar-refractivity contribution in [2.45, 2.75) is 6.61 Å². The van der Waals surface area contributed by atoms with Crippen LogP contribution in [0.25, 0.3) is 0 Å². The maximum absolute atomic E-state index is 12.4. The Labute approximate surface area is 152 Å². The fourth-order valence-corrected chi connectivity index (χ4v) is 2.57. The predicted molar refractivity (Wildman–Crippen MR) is 90.8 cm³/mol. The lowest BCUT2D eigenvalue weighted by molar-refractivity contribution is -0.124. The highest BCUT2D eigenvalue weighted by Crippen LogP contribution is 2.29. The van der Waals surface area contributed by atoms with Crippen molar-refractivity contribution >= 4 is 29.2 Å². The first kappa shape index (κ1) is 18.3. The lowest BCUT2D eigenvalue weighted by Gasteiger charge is -2.28. The third kappa shape index (κ3) is 4.20. The van der Waals surface area contributed by atoms with Crippen molar-refractivity contribution in [2.75, 3.05) is 23.4 Å². The van der Waals surface area contributed by atoms with Crippen molar-refractivity contribution in [3.8, 4) is 5.75 Å². The van der Waals surface area contributed by atoms with Crippen molar-refractivity contribution < 1.29 is 32.6 Å². The summed E-state index contributed by atoms with van der Waals surface area (Å²) in [5, 5.41) is 2.63. The smallest absolute Gasteiger partial charge is 0.387 e. The molecule has 2 aromatic carbocycles. The summed E-state index contributed by atoms with van der Waals surface area (Å²) in [4.78, 5) is 37.5. The molecule has 0 radical (unpaired) electrons. The molecule has 0 fully saturated rings. The number of carbonyl (C=O) groups excluding carboxylic acids is 3. The quantitative estimate of drug-likeness (QED) is 0.811. The number of fused-ring (bicyclic) bond motifs is 1. The SMILES string of the molecule is O=C1CN(C(=O)COC(=O)c2ccccc2OC(F)F)c2ccccc2N1. The Bertz CT molecular complexity index is 888. The summed E-state index contributed by atoms with van der Waals surface area (Å²) in [5.74, 6) is -2.36. The van der Waals surface area contributed by atoms with Crippen molar-refractivity contribution in [2.24, 2.45) is 0 Å². The number of hydrogen-bond donors (Lipinski definition) is 1. The predicted octanol–water partition coefficient (Wildman–Crippen LogP) is 2.43. The number of rotatable bonds is 5. The molecule has 2 amide bonds. The molecule has 0 spiro atoms. The number of para-hydroxylation sites is 3. The van der Waals surface area contributed by atoms with Crippen LogP contribution in [0.4, 0.5) is 20.2 Å². The van der Waals surface area contributed by atoms with Crippen molar-refractivity contribution in [3.63, 3.8) is 0 Å². The molecule has 0 aromatic heterocycles. The van der Waals surface area contributed by atoms with E-state index in [1.165, 1.54) is 29.2 Å². The topological polar surface area (TPSA) is 84.9 Å². The molecule has 1 aliphatic rings. The van der Waals surface area contributed by atoms with Crippen LogP contribution in [0.15, 0.2) is 48.5 Å². The summed E-state index contributed by atoms with van der Waals surface area (Å²) in [6.45, 7) is -3.99. The Hall–Kier alpha value is -3.49. The van der Waals surface area contributed by atoms with Gasteiger partial charge in [-0.2, -0.15) is 8.78 Å². The highest BCUT2D eigenvalue weighted by molar-refractivity contribution is 6.10. The summed E-state index contributed by atoms with van der Waals surface area (Å²) < 4.78 is 34.0. The minimum Gasteiger partial charge on any atom is -0.452 e. The summed E-state index contributed by atoms with van der Waals surface area (Å²) in [6.07, 6.45) is 0. The van der Waals surface area contributed by atoms with Gasteiger partial charge in [0.1, 0.15) is 17.9 Å². The van der Waals surface area contributed by atoms with Gasteiger partial charge in [-0.25, -0.2) is 4.79 Å². The second-order valence-corrected chi connectivity index (χ2v) is 5.50. The average Bonchev–Trinajstić information content (AvgIpc) is 2.65. The second-order valence-electron chi connectivity index (χ2n) is 5.50. The van der Waals surface area contributed by atoms with E-state index in [4.69, 9.17) is 4.74 Å². The van der Waals surface area contributed by atoms with Gasteiger partial charge in [-0.15, -0.1) is 0 Å². The van der Waals surface area contributed by atoms with Crippen LogP contribution >= 0.6 is 0 Å². The number of amides is 2. The molecule has 0 aliphatic carbocycles. The summed E-state index contributed by atoms with van der Waals surface area (Å²) in [6, 6.07) is 12.0. The average molecular weight is 376 g/mol. The van der Waals surface area contributed by atoms with E-state index in [0.717, 1.165) is 0 Å². The number of carbonyl (C=O) groups is 3. The van der Waals surface area contributed by atoms with E-state index in [2.05, 4.69) is 10.1 Å². The molecule has 1 aliphatic heterocycles. The van der Waals surface area contributed by atoms with Crippen LogP contribution in [-0.2, 0) is 14.3 Å². The van der Waals surface area contributed by atoms with Crippen molar-refractivity contribution in [3.05, 3.63) is 54.1 Å². The molecule has 0 bridgehead atoms. The molecule has 3 rings (SSSR count). The summed E-state index contributed by atoms with van der Waals surface area (Å²) >= 11 is 0.